The summed E-state index contributed by atoms with van der Waals surface area (Å²) in [5, 5.41) is 5.28. The van der Waals surface area contributed by atoms with Gasteiger partial charge in [-0.2, -0.15) is 0 Å². The Morgan fingerprint density at radius 2 is 1.45 bits per heavy atom. The summed E-state index contributed by atoms with van der Waals surface area (Å²) in [7, 11) is 0. The maximum atomic E-state index is 12.8. The molecule has 0 atom stereocenters. The third-order valence-electron chi connectivity index (χ3n) is 4.50. The molecule has 0 saturated heterocycles. The number of nitrogens with one attached hydrogen (secondary N) is 2. The van der Waals surface area contributed by atoms with E-state index in [4.69, 9.17) is 0 Å². The lowest BCUT2D eigenvalue weighted by Gasteiger charge is -2.13. The molecule has 0 radical (unpaired) electrons. The highest BCUT2D eigenvalue weighted by atomic mass is 19.1. The number of rotatable bonds is 8. The minimum Gasteiger partial charge on any atom is -0.354 e. The number of amides is 4. The van der Waals surface area contributed by atoms with Crippen molar-refractivity contribution in [2.24, 2.45) is 0 Å². The molecular weight excluding hydrogens is 377 g/mol. The van der Waals surface area contributed by atoms with Crippen molar-refractivity contribution >= 4 is 23.6 Å². The molecule has 1 heterocycles. The van der Waals surface area contributed by atoms with E-state index in [0.29, 0.717) is 23.1 Å². The van der Waals surface area contributed by atoms with Crippen LogP contribution in [0.25, 0.3) is 0 Å². The van der Waals surface area contributed by atoms with Crippen molar-refractivity contribution in [3.05, 3.63) is 71.0 Å². The molecule has 29 heavy (non-hydrogen) atoms. The maximum Gasteiger partial charge on any atom is 0.261 e. The summed E-state index contributed by atoms with van der Waals surface area (Å²) in [5.41, 5.74) is 1.11. The molecule has 0 bridgehead atoms. The third-order valence-corrected chi connectivity index (χ3v) is 4.50. The number of carbonyl (C=O) groups is 4. The third kappa shape index (κ3) is 4.84. The second kappa shape index (κ2) is 9.09. The summed E-state index contributed by atoms with van der Waals surface area (Å²) in [4.78, 5) is 49.4. The van der Waals surface area contributed by atoms with E-state index >= 15 is 0 Å². The van der Waals surface area contributed by atoms with Gasteiger partial charge in [-0.1, -0.05) is 12.1 Å². The molecule has 7 nitrogen and oxygen atoms in total. The molecule has 0 saturated carbocycles. The Balaban J connectivity index is 1.34. The van der Waals surface area contributed by atoms with Crippen LogP contribution in [0.1, 0.15) is 43.9 Å². The second-order valence-electron chi connectivity index (χ2n) is 6.52. The topological polar surface area (TPSA) is 95.6 Å². The number of halogens is 1. The van der Waals surface area contributed by atoms with Crippen molar-refractivity contribution in [2.75, 3.05) is 19.6 Å². The highest BCUT2D eigenvalue weighted by Crippen LogP contribution is 2.22. The van der Waals surface area contributed by atoms with Gasteiger partial charge >= 0.3 is 0 Å². The number of nitrogens with zero attached hydrogens (tertiary/aromatic N) is 1. The van der Waals surface area contributed by atoms with Gasteiger partial charge in [-0.3, -0.25) is 24.1 Å². The van der Waals surface area contributed by atoms with Crippen LogP contribution in [0, 0.1) is 5.82 Å². The molecule has 1 aliphatic heterocycles. The van der Waals surface area contributed by atoms with Crippen molar-refractivity contribution in [3.8, 4) is 0 Å². The zero-order chi connectivity index (χ0) is 20.8. The van der Waals surface area contributed by atoms with Crippen LogP contribution in [-0.2, 0) is 4.79 Å². The molecule has 0 spiro atoms. The molecule has 2 aromatic carbocycles. The van der Waals surface area contributed by atoms with Gasteiger partial charge in [-0.05, 0) is 42.8 Å². The lowest BCUT2D eigenvalue weighted by atomic mass is 10.1. The van der Waals surface area contributed by atoms with E-state index in [0.717, 1.165) is 4.90 Å². The predicted molar refractivity (Wildman–Crippen MR) is 103 cm³/mol. The first-order valence-electron chi connectivity index (χ1n) is 9.23. The van der Waals surface area contributed by atoms with E-state index in [1.165, 1.54) is 24.3 Å². The summed E-state index contributed by atoms with van der Waals surface area (Å²) in [6.07, 6.45) is 0.499. The molecule has 2 N–H and O–H groups in total. The van der Waals surface area contributed by atoms with Crippen LogP contribution in [0.4, 0.5) is 4.39 Å². The summed E-state index contributed by atoms with van der Waals surface area (Å²) >= 11 is 0. The Kier molecular flexibility index (Phi) is 6.33. The van der Waals surface area contributed by atoms with E-state index in [2.05, 4.69) is 10.6 Å². The highest BCUT2D eigenvalue weighted by Gasteiger charge is 2.34. The lowest BCUT2D eigenvalue weighted by molar-refractivity contribution is -0.121. The van der Waals surface area contributed by atoms with Crippen LogP contribution in [0.3, 0.4) is 0 Å². The van der Waals surface area contributed by atoms with Gasteiger partial charge in [0.15, 0.2) is 0 Å². The molecule has 150 valence electrons. The fraction of sp³-hybridized carbons (Fsp3) is 0.238. The average molecular weight is 397 g/mol. The van der Waals surface area contributed by atoms with Gasteiger partial charge in [0.1, 0.15) is 5.82 Å². The van der Waals surface area contributed by atoms with Crippen LogP contribution in [0.2, 0.25) is 0 Å². The molecule has 0 aromatic heterocycles. The van der Waals surface area contributed by atoms with Gasteiger partial charge < -0.3 is 10.6 Å². The summed E-state index contributed by atoms with van der Waals surface area (Å²) in [6.45, 7) is 0.625. The van der Waals surface area contributed by atoms with Crippen LogP contribution < -0.4 is 10.6 Å². The summed E-state index contributed by atoms with van der Waals surface area (Å²) < 4.78 is 12.8. The molecule has 0 unspecified atom stereocenters. The summed E-state index contributed by atoms with van der Waals surface area (Å²) in [5.74, 6) is -1.69. The molecule has 0 aliphatic carbocycles. The second-order valence-corrected chi connectivity index (χ2v) is 6.52. The molecule has 2 aromatic rings. The zero-order valence-corrected chi connectivity index (χ0v) is 15.6. The SMILES string of the molecule is O=C(CCCN1C(=O)c2ccccc2C1=O)NCCNC(=O)c1ccc(F)cc1. The number of carbonyl (C=O) groups excluding carboxylic acids is 4. The number of imide groups is 1. The van der Waals surface area contributed by atoms with Gasteiger partial charge in [0, 0.05) is 31.6 Å². The average Bonchev–Trinajstić information content (AvgIpc) is 2.96. The van der Waals surface area contributed by atoms with E-state index in [1.807, 2.05) is 0 Å². The maximum absolute atomic E-state index is 12.8. The molecule has 4 amide bonds. The number of hydrogen-bond acceptors (Lipinski definition) is 4. The number of hydrogen-bond donors (Lipinski definition) is 2. The van der Waals surface area contributed by atoms with Crippen LogP contribution >= 0.6 is 0 Å². The molecule has 8 heteroatoms. The number of benzene rings is 2. The Hall–Kier alpha value is -3.55. The van der Waals surface area contributed by atoms with Gasteiger partial charge in [-0.25, -0.2) is 4.39 Å². The van der Waals surface area contributed by atoms with Gasteiger partial charge in [0.25, 0.3) is 17.7 Å². The first-order chi connectivity index (χ1) is 14.0. The Labute approximate surface area is 166 Å². The number of fused-ring (bicyclic) bond motifs is 1. The van der Waals surface area contributed by atoms with E-state index in [-0.39, 0.29) is 49.7 Å². The van der Waals surface area contributed by atoms with Crippen molar-refractivity contribution in [2.45, 2.75) is 12.8 Å². The predicted octanol–water partition coefficient (Wildman–Crippen LogP) is 1.75. The Morgan fingerprint density at radius 3 is 2.07 bits per heavy atom. The van der Waals surface area contributed by atoms with Gasteiger partial charge in [-0.15, -0.1) is 0 Å². The van der Waals surface area contributed by atoms with Crippen molar-refractivity contribution in [1.29, 1.82) is 0 Å². The summed E-state index contributed by atoms with van der Waals surface area (Å²) in [6, 6.07) is 11.8. The normalized spacial score (nSPS) is 12.7. The fourth-order valence-corrected chi connectivity index (χ4v) is 3.01. The van der Waals surface area contributed by atoms with Crippen LogP contribution in [0.15, 0.2) is 48.5 Å². The smallest absolute Gasteiger partial charge is 0.261 e. The Morgan fingerprint density at radius 1 is 0.862 bits per heavy atom. The van der Waals surface area contributed by atoms with E-state index in [9.17, 15) is 23.6 Å². The fourth-order valence-electron chi connectivity index (χ4n) is 3.01. The van der Waals surface area contributed by atoms with Gasteiger partial charge in [0.2, 0.25) is 5.91 Å². The molecular formula is C21H20FN3O4. The minimum absolute atomic E-state index is 0.152. The van der Waals surface area contributed by atoms with E-state index < -0.39 is 5.82 Å². The largest absolute Gasteiger partial charge is 0.354 e. The van der Waals surface area contributed by atoms with Gasteiger partial charge in [0.05, 0.1) is 11.1 Å². The zero-order valence-electron chi connectivity index (χ0n) is 15.6. The standard InChI is InChI=1S/C21H20FN3O4/c22-15-9-7-14(8-10-15)19(27)24-12-11-23-18(26)6-3-13-25-20(28)16-4-1-2-5-17(16)21(25)29/h1-2,4-5,7-10H,3,6,11-13H2,(H,23,26)(H,24,27). The molecule has 0 fully saturated rings. The lowest BCUT2D eigenvalue weighted by Crippen LogP contribution is -2.35. The molecule has 1 aliphatic rings. The van der Waals surface area contributed by atoms with Crippen molar-refractivity contribution < 1.29 is 23.6 Å². The van der Waals surface area contributed by atoms with Crippen LogP contribution in [0.5, 0.6) is 0 Å². The van der Waals surface area contributed by atoms with Crippen molar-refractivity contribution in [1.82, 2.24) is 15.5 Å². The monoisotopic (exact) mass is 397 g/mol. The van der Waals surface area contributed by atoms with Crippen LogP contribution in [-0.4, -0.2) is 48.2 Å². The minimum atomic E-state index is -0.421. The van der Waals surface area contributed by atoms with E-state index in [1.54, 1.807) is 24.3 Å². The Bertz CT molecular complexity index is 908. The highest BCUT2D eigenvalue weighted by molar-refractivity contribution is 6.21. The first-order valence-corrected chi connectivity index (χ1v) is 9.23. The quantitative estimate of drug-likeness (QED) is 0.524. The first kappa shape index (κ1) is 20.2. The van der Waals surface area contributed by atoms with Crippen molar-refractivity contribution in [3.63, 3.8) is 0 Å². The molecule has 3 rings (SSSR count).